The number of carboxylic acids is 1. The zero-order valence-corrected chi connectivity index (χ0v) is 24.2. The van der Waals surface area contributed by atoms with E-state index in [0.29, 0.717) is 18.7 Å². The van der Waals surface area contributed by atoms with E-state index in [-0.39, 0.29) is 31.4 Å². The quantitative estimate of drug-likeness (QED) is 0.213. The summed E-state index contributed by atoms with van der Waals surface area (Å²) in [5.74, 6) is -0.979. The molecule has 5 rings (SSSR count). The van der Waals surface area contributed by atoms with Gasteiger partial charge < -0.3 is 19.7 Å². The molecule has 0 radical (unpaired) electrons. The Hall–Kier alpha value is -4.63. The first-order valence-corrected chi connectivity index (χ1v) is 14.2. The molecule has 2 amide bonds. The molecule has 0 unspecified atom stereocenters. The molecule has 0 saturated carbocycles. The summed E-state index contributed by atoms with van der Waals surface area (Å²) in [5, 5.41) is 16.3. The van der Waals surface area contributed by atoms with Gasteiger partial charge in [0.1, 0.15) is 6.61 Å². The van der Waals surface area contributed by atoms with Crippen molar-refractivity contribution in [2.45, 2.75) is 45.2 Å². The first kappa shape index (κ1) is 28.9. The minimum atomic E-state index is -0.893. The zero-order valence-electron chi connectivity index (χ0n) is 24.2. The molecule has 0 bridgehead atoms. The number of carboxylic acid groups (broad SMARTS) is 1. The van der Waals surface area contributed by atoms with Crippen LogP contribution >= 0.6 is 0 Å². The summed E-state index contributed by atoms with van der Waals surface area (Å²) < 4.78 is 7.77. The Morgan fingerprint density at radius 1 is 0.929 bits per heavy atom. The second-order valence-electron chi connectivity index (χ2n) is 10.6. The minimum absolute atomic E-state index is 0.0365. The van der Waals surface area contributed by atoms with Gasteiger partial charge in [0.15, 0.2) is 0 Å². The number of amides is 2. The number of hydrogen-bond acceptors (Lipinski definition) is 5. The predicted molar refractivity (Wildman–Crippen MR) is 162 cm³/mol. The summed E-state index contributed by atoms with van der Waals surface area (Å²) >= 11 is 0. The maximum atomic E-state index is 13.2. The molecule has 0 saturated heterocycles. The van der Waals surface area contributed by atoms with Crippen molar-refractivity contribution in [1.29, 1.82) is 0 Å². The Balaban J connectivity index is 1.30. The lowest BCUT2D eigenvalue weighted by atomic mass is 9.98. The maximum Gasteiger partial charge on any atom is 0.424 e. The van der Waals surface area contributed by atoms with E-state index in [1.165, 1.54) is 16.1 Å². The molecule has 2 N–H and O–H groups in total. The highest BCUT2D eigenvalue weighted by Crippen LogP contribution is 2.44. The van der Waals surface area contributed by atoms with Crippen molar-refractivity contribution in [3.8, 4) is 11.1 Å². The highest BCUT2D eigenvalue weighted by Gasteiger charge is 2.30. The van der Waals surface area contributed by atoms with Crippen LogP contribution in [0, 0.1) is 0 Å². The van der Waals surface area contributed by atoms with E-state index in [0.717, 1.165) is 34.1 Å². The number of carbonyl (C=O) groups excluding carboxylic acids is 2. The van der Waals surface area contributed by atoms with Crippen molar-refractivity contribution in [2.75, 3.05) is 26.0 Å². The predicted octanol–water partition coefficient (Wildman–Crippen LogP) is 6.08. The molecule has 0 atom stereocenters. The zero-order chi connectivity index (χ0) is 29.8. The highest BCUT2D eigenvalue weighted by molar-refractivity contribution is 5.94. The van der Waals surface area contributed by atoms with Crippen LogP contribution in [0.1, 0.15) is 48.9 Å². The number of ether oxygens (including phenoxy) is 1. The Morgan fingerprint density at radius 3 is 2.24 bits per heavy atom. The Bertz CT molecular complexity index is 1580. The highest BCUT2D eigenvalue weighted by atomic mass is 16.6. The van der Waals surface area contributed by atoms with Gasteiger partial charge in [-0.1, -0.05) is 55.5 Å². The van der Waals surface area contributed by atoms with Crippen molar-refractivity contribution in [2.24, 2.45) is 0 Å². The van der Waals surface area contributed by atoms with Crippen LogP contribution in [0.15, 0.2) is 72.8 Å². The molecule has 42 heavy (non-hydrogen) atoms. The van der Waals surface area contributed by atoms with Gasteiger partial charge in [0.2, 0.25) is 5.91 Å². The van der Waals surface area contributed by atoms with Crippen LogP contribution < -0.4 is 5.32 Å². The SMILES string of the molecule is CCCC(=O)Nc1ccc2c(c1)cc(CN(C)N(C)C(=O)OCC1c3ccccc3-c3ccccc31)n2CCC(=O)O. The number of hydrazine groups is 1. The normalized spacial score (nSPS) is 12.3. The number of rotatable bonds is 11. The number of fused-ring (bicyclic) bond motifs is 4. The van der Waals surface area contributed by atoms with Crippen LogP contribution in [0.25, 0.3) is 22.0 Å². The van der Waals surface area contributed by atoms with Gasteiger partial charge in [0.25, 0.3) is 0 Å². The summed E-state index contributed by atoms with van der Waals surface area (Å²) in [6.07, 6.45) is 0.675. The van der Waals surface area contributed by atoms with Crippen LogP contribution in [0.2, 0.25) is 0 Å². The van der Waals surface area contributed by atoms with Crippen LogP contribution in [0.5, 0.6) is 0 Å². The van der Waals surface area contributed by atoms with Crippen LogP contribution in [0.4, 0.5) is 10.5 Å². The van der Waals surface area contributed by atoms with Crippen molar-refractivity contribution in [1.82, 2.24) is 14.6 Å². The first-order valence-electron chi connectivity index (χ1n) is 14.2. The number of aliphatic carboxylic acids is 1. The molecule has 3 aromatic carbocycles. The lowest BCUT2D eigenvalue weighted by Crippen LogP contribution is -2.41. The van der Waals surface area contributed by atoms with Gasteiger partial charge in [0.05, 0.1) is 13.0 Å². The number of nitrogens with one attached hydrogen (secondary N) is 1. The topological polar surface area (TPSA) is 104 Å². The molecule has 9 nitrogen and oxygen atoms in total. The molecular weight excluding hydrogens is 532 g/mol. The third-order valence-corrected chi connectivity index (χ3v) is 7.80. The molecule has 1 aromatic heterocycles. The van der Waals surface area contributed by atoms with Crippen LogP contribution in [-0.4, -0.2) is 58.4 Å². The fourth-order valence-corrected chi connectivity index (χ4v) is 5.63. The Labute approximate surface area is 245 Å². The molecule has 1 heterocycles. The second kappa shape index (κ2) is 12.5. The minimum Gasteiger partial charge on any atom is -0.481 e. The number of carbonyl (C=O) groups is 3. The van der Waals surface area contributed by atoms with Gasteiger partial charge in [-0.3, -0.25) is 9.59 Å². The fraction of sp³-hybridized carbons (Fsp3) is 0.303. The number of anilines is 1. The van der Waals surface area contributed by atoms with E-state index >= 15 is 0 Å². The smallest absolute Gasteiger partial charge is 0.424 e. The van der Waals surface area contributed by atoms with Crippen molar-refractivity contribution >= 4 is 34.6 Å². The summed E-state index contributed by atoms with van der Waals surface area (Å²) in [4.78, 5) is 36.7. The van der Waals surface area contributed by atoms with Crippen molar-refractivity contribution in [3.63, 3.8) is 0 Å². The lowest BCUT2D eigenvalue weighted by molar-refractivity contribution is -0.137. The van der Waals surface area contributed by atoms with Gasteiger partial charge in [-0.05, 0) is 52.9 Å². The van der Waals surface area contributed by atoms with E-state index in [9.17, 15) is 19.5 Å². The largest absolute Gasteiger partial charge is 0.481 e. The lowest BCUT2D eigenvalue weighted by Gasteiger charge is -2.28. The summed E-state index contributed by atoms with van der Waals surface area (Å²) in [6, 6.07) is 24.0. The van der Waals surface area contributed by atoms with E-state index in [1.54, 1.807) is 19.1 Å². The number of nitrogens with zero attached hydrogens (tertiary/aromatic N) is 3. The Kier molecular flexibility index (Phi) is 8.59. The molecule has 1 aliphatic rings. The van der Waals surface area contributed by atoms with Gasteiger partial charge in [-0.25, -0.2) is 14.8 Å². The third kappa shape index (κ3) is 6.01. The third-order valence-electron chi connectivity index (χ3n) is 7.80. The van der Waals surface area contributed by atoms with E-state index in [2.05, 4.69) is 29.6 Å². The number of aromatic nitrogens is 1. The average molecular weight is 569 g/mol. The van der Waals surface area contributed by atoms with E-state index in [1.807, 2.05) is 60.0 Å². The summed E-state index contributed by atoms with van der Waals surface area (Å²) in [5.41, 5.74) is 7.02. The number of hydrogen-bond donors (Lipinski definition) is 2. The van der Waals surface area contributed by atoms with Crippen molar-refractivity contribution in [3.05, 3.63) is 89.6 Å². The molecule has 0 fully saturated rings. The van der Waals surface area contributed by atoms with Crippen LogP contribution in [0.3, 0.4) is 0 Å². The molecule has 1 aliphatic carbocycles. The van der Waals surface area contributed by atoms with E-state index < -0.39 is 12.1 Å². The standard InChI is InChI=1S/C33H36N4O5/c1-4-9-31(38)34-23-14-15-30-22(18-23)19-24(37(30)17-16-32(39)40)20-35(2)36(3)33(41)42-21-29-27-12-7-5-10-25(27)26-11-6-8-13-28(26)29/h5-8,10-15,18-19,29H,4,9,16-17,20-21H2,1-3H3,(H,34,38)(H,39,40). The monoisotopic (exact) mass is 568 g/mol. The molecule has 9 heteroatoms. The molecule has 218 valence electrons. The molecule has 4 aromatic rings. The molecule has 0 spiro atoms. The summed E-state index contributed by atoms with van der Waals surface area (Å²) in [7, 11) is 3.45. The van der Waals surface area contributed by atoms with Gasteiger partial charge in [0, 0.05) is 55.3 Å². The summed E-state index contributed by atoms with van der Waals surface area (Å²) in [6.45, 7) is 2.79. The van der Waals surface area contributed by atoms with Crippen molar-refractivity contribution < 1.29 is 24.2 Å². The van der Waals surface area contributed by atoms with Gasteiger partial charge in [-0.2, -0.15) is 0 Å². The van der Waals surface area contributed by atoms with Crippen LogP contribution in [-0.2, 0) is 27.4 Å². The van der Waals surface area contributed by atoms with Gasteiger partial charge >= 0.3 is 12.1 Å². The number of benzene rings is 3. The van der Waals surface area contributed by atoms with E-state index in [4.69, 9.17) is 4.74 Å². The Morgan fingerprint density at radius 2 is 1.60 bits per heavy atom. The molecular formula is C33H36N4O5. The maximum absolute atomic E-state index is 13.2. The van der Waals surface area contributed by atoms with Gasteiger partial charge in [-0.15, -0.1) is 0 Å². The molecule has 0 aliphatic heterocycles. The second-order valence-corrected chi connectivity index (χ2v) is 10.6. The number of aryl methyl sites for hydroxylation is 1. The fourth-order valence-electron chi connectivity index (χ4n) is 5.63. The first-order chi connectivity index (χ1) is 20.3. The average Bonchev–Trinajstić information content (AvgIpc) is 3.48.